The molecule has 116 valence electrons. The van der Waals surface area contributed by atoms with Gasteiger partial charge in [0.2, 0.25) is 5.91 Å². The van der Waals surface area contributed by atoms with Crippen LogP contribution in [0.4, 0.5) is 0 Å². The molecule has 0 bridgehead atoms. The van der Waals surface area contributed by atoms with E-state index in [9.17, 15) is 4.79 Å². The second-order valence-electron chi connectivity index (χ2n) is 5.19. The van der Waals surface area contributed by atoms with Gasteiger partial charge in [-0.05, 0) is 42.7 Å². The van der Waals surface area contributed by atoms with Crippen molar-refractivity contribution in [2.75, 3.05) is 13.7 Å². The molecule has 2 rings (SSSR count). The smallest absolute Gasteiger partial charge is 0.222 e. The molecule has 0 spiro atoms. The summed E-state index contributed by atoms with van der Waals surface area (Å²) in [5.74, 6) is 0.995. The molecule has 4 nitrogen and oxygen atoms in total. The Hall–Kier alpha value is -2.36. The molecular formula is C18H22N2O2. The predicted molar refractivity (Wildman–Crippen MR) is 86.6 cm³/mol. The van der Waals surface area contributed by atoms with Crippen LogP contribution in [-0.4, -0.2) is 29.4 Å². The number of amides is 1. The van der Waals surface area contributed by atoms with Gasteiger partial charge < -0.3 is 9.64 Å². The number of pyridine rings is 1. The Morgan fingerprint density at radius 1 is 1.18 bits per heavy atom. The van der Waals surface area contributed by atoms with Gasteiger partial charge in [-0.15, -0.1) is 0 Å². The van der Waals surface area contributed by atoms with E-state index >= 15 is 0 Å². The largest absolute Gasteiger partial charge is 0.494 e. The van der Waals surface area contributed by atoms with Gasteiger partial charge in [0.15, 0.2) is 0 Å². The first-order valence-electron chi connectivity index (χ1n) is 7.53. The molecule has 0 saturated heterocycles. The summed E-state index contributed by atoms with van der Waals surface area (Å²) in [5.41, 5.74) is 2.19. The third kappa shape index (κ3) is 4.88. The van der Waals surface area contributed by atoms with Gasteiger partial charge in [0.1, 0.15) is 5.75 Å². The highest BCUT2D eigenvalue weighted by Gasteiger charge is 2.09. The molecule has 0 aliphatic heterocycles. The van der Waals surface area contributed by atoms with Crippen molar-refractivity contribution in [1.82, 2.24) is 9.88 Å². The van der Waals surface area contributed by atoms with Crippen LogP contribution in [0.2, 0.25) is 0 Å². The van der Waals surface area contributed by atoms with Crippen LogP contribution < -0.4 is 4.74 Å². The molecule has 0 aliphatic carbocycles. The van der Waals surface area contributed by atoms with E-state index in [1.54, 1.807) is 17.3 Å². The Balaban J connectivity index is 1.83. The molecule has 1 heterocycles. The maximum absolute atomic E-state index is 12.2. The number of ether oxygens (including phenoxy) is 1. The van der Waals surface area contributed by atoms with Gasteiger partial charge in [0.25, 0.3) is 0 Å². The van der Waals surface area contributed by atoms with Gasteiger partial charge in [-0.25, -0.2) is 0 Å². The highest BCUT2D eigenvalue weighted by molar-refractivity contribution is 5.76. The van der Waals surface area contributed by atoms with Gasteiger partial charge in [0.05, 0.1) is 6.61 Å². The lowest BCUT2D eigenvalue weighted by Crippen LogP contribution is -2.26. The zero-order valence-electron chi connectivity index (χ0n) is 13.2. The summed E-state index contributed by atoms with van der Waals surface area (Å²) in [7, 11) is 1.84. The first-order chi connectivity index (χ1) is 10.7. The van der Waals surface area contributed by atoms with E-state index in [0.717, 1.165) is 23.3 Å². The van der Waals surface area contributed by atoms with E-state index in [-0.39, 0.29) is 5.91 Å². The van der Waals surface area contributed by atoms with Gasteiger partial charge in [0, 0.05) is 32.4 Å². The van der Waals surface area contributed by atoms with Crippen molar-refractivity contribution in [3.8, 4) is 5.75 Å². The van der Waals surface area contributed by atoms with Crippen molar-refractivity contribution in [1.29, 1.82) is 0 Å². The molecule has 1 aromatic heterocycles. The highest BCUT2D eigenvalue weighted by Crippen LogP contribution is 2.14. The van der Waals surface area contributed by atoms with E-state index in [0.29, 0.717) is 19.6 Å². The Morgan fingerprint density at radius 3 is 2.59 bits per heavy atom. The van der Waals surface area contributed by atoms with Crippen LogP contribution in [0.3, 0.4) is 0 Å². The number of hydrogen-bond donors (Lipinski definition) is 0. The summed E-state index contributed by atoms with van der Waals surface area (Å²) in [4.78, 5) is 18.0. The maximum Gasteiger partial charge on any atom is 0.222 e. The maximum atomic E-state index is 12.2. The summed E-state index contributed by atoms with van der Waals surface area (Å²) in [6.45, 7) is 3.23. The lowest BCUT2D eigenvalue weighted by atomic mass is 10.1. The van der Waals surface area contributed by atoms with Crippen molar-refractivity contribution in [2.24, 2.45) is 0 Å². The van der Waals surface area contributed by atoms with E-state index in [1.165, 1.54) is 0 Å². The molecule has 0 unspecified atom stereocenters. The highest BCUT2D eigenvalue weighted by atomic mass is 16.5. The average molecular weight is 298 g/mol. The van der Waals surface area contributed by atoms with Gasteiger partial charge in [-0.2, -0.15) is 0 Å². The summed E-state index contributed by atoms with van der Waals surface area (Å²) < 4.78 is 5.41. The normalized spacial score (nSPS) is 10.3. The molecular weight excluding hydrogens is 276 g/mol. The zero-order chi connectivity index (χ0) is 15.8. The first-order valence-corrected chi connectivity index (χ1v) is 7.53. The third-order valence-electron chi connectivity index (χ3n) is 3.43. The second-order valence-corrected chi connectivity index (χ2v) is 5.19. The van der Waals surface area contributed by atoms with Crippen LogP contribution in [0.25, 0.3) is 0 Å². The fraction of sp³-hybridized carbons (Fsp3) is 0.333. The molecule has 0 atom stereocenters. The number of hydrogen-bond acceptors (Lipinski definition) is 3. The minimum atomic E-state index is 0.137. The molecule has 0 N–H and O–H groups in total. The van der Waals surface area contributed by atoms with Crippen molar-refractivity contribution in [3.05, 3.63) is 59.9 Å². The predicted octanol–water partition coefficient (Wildman–Crippen LogP) is 3.07. The lowest BCUT2D eigenvalue weighted by molar-refractivity contribution is -0.130. The molecule has 0 radical (unpaired) electrons. The molecule has 0 aliphatic rings. The molecule has 0 fully saturated rings. The zero-order valence-corrected chi connectivity index (χ0v) is 13.2. The number of benzene rings is 1. The molecule has 1 amide bonds. The van der Waals surface area contributed by atoms with Crippen LogP contribution in [0, 0.1) is 0 Å². The molecule has 4 heteroatoms. The van der Waals surface area contributed by atoms with Crippen LogP contribution in [0.15, 0.2) is 48.8 Å². The Kier molecular flexibility index (Phi) is 5.95. The monoisotopic (exact) mass is 298 g/mol. The second kappa shape index (κ2) is 8.17. The number of carbonyl (C=O) groups excluding carboxylic acids is 1. The van der Waals surface area contributed by atoms with Crippen LogP contribution in [0.1, 0.15) is 24.5 Å². The topological polar surface area (TPSA) is 42.4 Å². The van der Waals surface area contributed by atoms with Gasteiger partial charge >= 0.3 is 0 Å². The van der Waals surface area contributed by atoms with Crippen molar-refractivity contribution in [3.63, 3.8) is 0 Å². The molecule has 22 heavy (non-hydrogen) atoms. The number of nitrogens with zero attached hydrogens (tertiary/aromatic N) is 2. The molecule has 2 aromatic rings. The third-order valence-corrected chi connectivity index (χ3v) is 3.43. The quantitative estimate of drug-likeness (QED) is 0.789. The average Bonchev–Trinajstić information content (AvgIpc) is 2.55. The van der Waals surface area contributed by atoms with Crippen LogP contribution in [-0.2, 0) is 17.8 Å². The van der Waals surface area contributed by atoms with E-state index < -0.39 is 0 Å². The Bertz CT molecular complexity index is 582. The first kappa shape index (κ1) is 16.0. The minimum absolute atomic E-state index is 0.137. The number of rotatable bonds is 7. The summed E-state index contributed by atoms with van der Waals surface area (Å²) in [5, 5.41) is 0. The van der Waals surface area contributed by atoms with Crippen LogP contribution in [0.5, 0.6) is 5.75 Å². The number of aromatic nitrogens is 1. The SMILES string of the molecule is CCOc1ccc(CN(C)C(=O)CCc2cccnc2)cc1. The summed E-state index contributed by atoms with van der Waals surface area (Å²) in [6, 6.07) is 11.8. The fourth-order valence-corrected chi connectivity index (χ4v) is 2.21. The Labute approximate surface area is 131 Å². The Morgan fingerprint density at radius 2 is 1.95 bits per heavy atom. The van der Waals surface area contributed by atoms with Crippen molar-refractivity contribution < 1.29 is 9.53 Å². The minimum Gasteiger partial charge on any atom is -0.494 e. The number of aryl methyl sites for hydroxylation is 1. The number of carbonyl (C=O) groups is 1. The molecule has 0 saturated carbocycles. The lowest BCUT2D eigenvalue weighted by Gasteiger charge is -2.17. The standard InChI is InChI=1S/C18H22N2O2/c1-3-22-17-9-6-16(7-10-17)14-20(2)18(21)11-8-15-5-4-12-19-13-15/h4-7,9-10,12-13H,3,8,11,14H2,1-2H3. The van der Waals surface area contributed by atoms with Crippen molar-refractivity contribution >= 4 is 5.91 Å². The van der Waals surface area contributed by atoms with E-state index in [2.05, 4.69) is 4.98 Å². The van der Waals surface area contributed by atoms with Crippen LogP contribution >= 0.6 is 0 Å². The van der Waals surface area contributed by atoms with Gasteiger partial charge in [-0.3, -0.25) is 9.78 Å². The summed E-state index contributed by atoms with van der Waals surface area (Å²) >= 11 is 0. The van der Waals surface area contributed by atoms with Gasteiger partial charge in [-0.1, -0.05) is 18.2 Å². The van der Waals surface area contributed by atoms with Crippen molar-refractivity contribution in [2.45, 2.75) is 26.3 Å². The van der Waals surface area contributed by atoms with E-state index in [1.807, 2.05) is 50.4 Å². The fourth-order valence-electron chi connectivity index (χ4n) is 2.21. The summed E-state index contributed by atoms with van der Waals surface area (Å²) in [6.07, 6.45) is 4.77. The van der Waals surface area contributed by atoms with E-state index in [4.69, 9.17) is 4.74 Å². The molecule has 1 aromatic carbocycles.